The summed E-state index contributed by atoms with van der Waals surface area (Å²) < 4.78 is 15.1. The Bertz CT molecular complexity index is 310. The van der Waals surface area contributed by atoms with Crippen LogP contribution in [-0.2, 0) is 14.2 Å². The Morgan fingerprint density at radius 2 is 1.41 bits per heavy atom. The molecule has 3 nitrogen and oxygen atoms in total. The first-order valence-corrected chi connectivity index (χ1v) is 6.09. The monoisotopic (exact) mass is 236 g/mol. The van der Waals surface area contributed by atoms with Crippen LogP contribution in [0.15, 0.2) is 24.3 Å². The standard InChI is InChI=1S/C8H10.C6H10O3/c1-7-5-3-4-6-8(7)2;1(5-3-8-5)7-2-6-4-9-6/h3-6H,1-2H3;5-6H,1-4H2. The van der Waals surface area contributed by atoms with Gasteiger partial charge in [-0.2, -0.15) is 0 Å². The fourth-order valence-electron chi connectivity index (χ4n) is 1.32. The van der Waals surface area contributed by atoms with Gasteiger partial charge in [-0.3, -0.25) is 0 Å². The van der Waals surface area contributed by atoms with Gasteiger partial charge in [0.25, 0.3) is 0 Å². The summed E-state index contributed by atoms with van der Waals surface area (Å²) in [6, 6.07) is 8.36. The number of hydrogen-bond donors (Lipinski definition) is 0. The number of hydrogen-bond acceptors (Lipinski definition) is 3. The highest BCUT2D eigenvalue weighted by Gasteiger charge is 2.26. The average molecular weight is 236 g/mol. The smallest absolute Gasteiger partial charge is 0.104 e. The molecule has 0 radical (unpaired) electrons. The quantitative estimate of drug-likeness (QED) is 0.751. The van der Waals surface area contributed by atoms with E-state index in [1.807, 2.05) is 0 Å². The molecule has 2 aliphatic rings. The molecule has 3 rings (SSSR count). The average Bonchev–Trinajstić information content (AvgIpc) is 3.16. The SMILES string of the molecule is C(OCC1CO1)C1CO1.Cc1ccccc1C. The van der Waals surface area contributed by atoms with Crippen molar-refractivity contribution in [3.05, 3.63) is 35.4 Å². The van der Waals surface area contributed by atoms with E-state index in [9.17, 15) is 0 Å². The number of aryl methyl sites for hydroxylation is 2. The molecule has 2 fully saturated rings. The Kier molecular flexibility index (Phi) is 4.54. The van der Waals surface area contributed by atoms with Gasteiger partial charge < -0.3 is 14.2 Å². The van der Waals surface area contributed by atoms with Gasteiger partial charge >= 0.3 is 0 Å². The first-order valence-electron chi connectivity index (χ1n) is 6.09. The predicted octanol–water partition coefficient (Wildman–Crippen LogP) is 2.10. The van der Waals surface area contributed by atoms with Crippen molar-refractivity contribution in [2.75, 3.05) is 26.4 Å². The third-order valence-corrected chi connectivity index (χ3v) is 2.84. The molecule has 1 aromatic carbocycles. The van der Waals surface area contributed by atoms with Crippen molar-refractivity contribution in [3.63, 3.8) is 0 Å². The zero-order valence-electron chi connectivity index (χ0n) is 10.5. The fraction of sp³-hybridized carbons (Fsp3) is 0.571. The Morgan fingerprint density at radius 3 is 1.71 bits per heavy atom. The lowest BCUT2D eigenvalue weighted by atomic mass is 10.1. The zero-order chi connectivity index (χ0) is 12.1. The Hall–Kier alpha value is -0.900. The van der Waals surface area contributed by atoms with Gasteiger partial charge in [-0.1, -0.05) is 24.3 Å². The minimum Gasteiger partial charge on any atom is -0.376 e. The zero-order valence-corrected chi connectivity index (χ0v) is 10.5. The fourth-order valence-corrected chi connectivity index (χ4v) is 1.32. The Morgan fingerprint density at radius 1 is 1.00 bits per heavy atom. The number of benzene rings is 1. The van der Waals surface area contributed by atoms with Crippen LogP contribution in [0.5, 0.6) is 0 Å². The molecule has 2 atom stereocenters. The minimum atomic E-state index is 0.392. The van der Waals surface area contributed by atoms with Gasteiger partial charge in [0, 0.05) is 0 Å². The molecule has 17 heavy (non-hydrogen) atoms. The largest absolute Gasteiger partial charge is 0.376 e. The van der Waals surface area contributed by atoms with Gasteiger partial charge in [0.05, 0.1) is 26.4 Å². The van der Waals surface area contributed by atoms with E-state index in [0.29, 0.717) is 12.2 Å². The van der Waals surface area contributed by atoms with Crippen molar-refractivity contribution in [1.82, 2.24) is 0 Å². The Labute approximate surface area is 103 Å². The lowest BCUT2D eigenvalue weighted by Gasteiger charge is -1.95. The van der Waals surface area contributed by atoms with E-state index in [0.717, 1.165) is 26.4 Å². The molecule has 0 amide bonds. The van der Waals surface area contributed by atoms with Crippen molar-refractivity contribution in [3.8, 4) is 0 Å². The summed E-state index contributed by atoms with van der Waals surface area (Å²) in [6.45, 7) is 7.50. The maximum Gasteiger partial charge on any atom is 0.104 e. The number of epoxide rings is 2. The summed E-state index contributed by atoms with van der Waals surface area (Å²) in [6.07, 6.45) is 0.785. The minimum absolute atomic E-state index is 0.392. The van der Waals surface area contributed by atoms with Crippen LogP contribution < -0.4 is 0 Å². The lowest BCUT2D eigenvalue weighted by molar-refractivity contribution is 0.102. The molecule has 2 saturated heterocycles. The van der Waals surface area contributed by atoms with Gasteiger partial charge in [0.1, 0.15) is 12.2 Å². The predicted molar refractivity (Wildman–Crippen MR) is 66.2 cm³/mol. The molecule has 3 heteroatoms. The van der Waals surface area contributed by atoms with Crippen LogP contribution in [0, 0.1) is 13.8 Å². The summed E-state index contributed by atoms with van der Waals surface area (Å²) in [7, 11) is 0. The van der Waals surface area contributed by atoms with Crippen LogP contribution in [-0.4, -0.2) is 38.6 Å². The van der Waals surface area contributed by atoms with Crippen LogP contribution in [0.3, 0.4) is 0 Å². The van der Waals surface area contributed by atoms with Crippen molar-refractivity contribution >= 4 is 0 Å². The molecular formula is C14H20O3. The molecule has 2 aliphatic heterocycles. The van der Waals surface area contributed by atoms with E-state index in [-0.39, 0.29) is 0 Å². The topological polar surface area (TPSA) is 34.3 Å². The molecule has 94 valence electrons. The van der Waals surface area contributed by atoms with E-state index in [1.54, 1.807) is 0 Å². The summed E-state index contributed by atoms with van der Waals surface area (Å²) in [4.78, 5) is 0. The van der Waals surface area contributed by atoms with Crippen LogP contribution >= 0.6 is 0 Å². The second kappa shape index (κ2) is 6.15. The normalized spacial score (nSPS) is 24.8. The highest BCUT2D eigenvalue weighted by Crippen LogP contribution is 2.12. The number of ether oxygens (including phenoxy) is 3. The molecule has 0 N–H and O–H groups in total. The third kappa shape index (κ3) is 5.31. The van der Waals surface area contributed by atoms with Crippen LogP contribution in [0.2, 0.25) is 0 Å². The van der Waals surface area contributed by atoms with Gasteiger partial charge in [-0.05, 0) is 25.0 Å². The highest BCUT2D eigenvalue weighted by atomic mass is 16.6. The molecule has 0 saturated carbocycles. The van der Waals surface area contributed by atoms with Gasteiger partial charge in [-0.15, -0.1) is 0 Å². The molecular weight excluding hydrogens is 216 g/mol. The molecule has 0 bridgehead atoms. The van der Waals surface area contributed by atoms with E-state index < -0.39 is 0 Å². The third-order valence-electron chi connectivity index (χ3n) is 2.84. The molecule has 1 aromatic rings. The summed E-state index contributed by atoms with van der Waals surface area (Å²) in [5.41, 5.74) is 2.74. The second-order valence-electron chi connectivity index (χ2n) is 4.53. The van der Waals surface area contributed by atoms with E-state index >= 15 is 0 Å². The summed E-state index contributed by atoms with van der Waals surface area (Å²) >= 11 is 0. The maximum absolute atomic E-state index is 5.23. The summed E-state index contributed by atoms with van der Waals surface area (Å²) in [5.74, 6) is 0. The lowest BCUT2D eigenvalue weighted by Crippen LogP contribution is -2.06. The number of rotatable bonds is 4. The van der Waals surface area contributed by atoms with Crippen molar-refractivity contribution in [2.45, 2.75) is 26.1 Å². The van der Waals surface area contributed by atoms with E-state index in [1.165, 1.54) is 11.1 Å². The van der Waals surface area contributed by atoms with Crippen LogP contribution in [0.1, 0.15) is 11.1 Å². The van der Waals surface area contributed by atoms with Crippen LogP contribution in [0.25, 0.3) is 0 Å². The molecule has 0 aromatic heterocycles. The van der Waals surface area contributed by atoms with E-state index in [4.69, 9.17) is 14.2 Å². The first-order chi connectivity index (χ1) is 8.25. The van der Waals surface area contributed by atoms with Gasteiger partial charge in [-0.25, -0.2) is 0 Å². The molecule has 2 heterocycles. The van der Waals surface area contributed by atoms with Crippen molar-refractivity contribution < 1.29 is 14.2 Å². The summed E-state index contributed by atoms with van der Waals surface area (Å²) in [5, 5.41) is 0. The maximum atomic E-state index is 5.23. The molecule has 2 unspecified atom stereocenters. The molecule has 0 spiro atoms. The Balaban J connectivity index is 0.000000128. The van der Waals surface area contributed by atoms with Crippen LogP contribution in [0.4, 0.5) is 0 Å². The molecule has 0 aliphatic carbocycles. The first kappa shape index (κ1) is 12.6. The van der Waals surface area contributed by atoms with Crippen molar-refractivity contribution in [1.29, 1.82) is 0 Å². The van der Waals surface area contributed by atoms with Gasteiger partial charge in [0.15, 0.2) is 0 Å². The highest BCUT2D eigenvalue weighted by molar-refractivity contribution is 5.23. The van der Waals surface area contributed by atoms with Crippen molar-refractivity contribution in [2.24, 2.45) is 0 Å². The second-order valence-corrected chi connectivity index (χ2v) is 4.53. The van der Waals surface area contributed by atoms with E-state index in [2.05, 4.69) is 38.1 Å². The van der Waals surface area contributed by atoms with Gasteiger partial charge in [0.2, 0.25) is 0 Å².